The maximum atomic E-state index is 12.5. The van der Waals surface area contributed by atoms with Gasteiger partial charge in [-0.25, -0.2) is 0 Å². The highest BCUT2D eigenvalue weighted by molar-refractivity contribution is 5.76. The standard InChI is InChI=1S/C16H32N2O/c1-4-15-8-6-5-7-9-18(15)16(19)11-14(12-17)10-13(2)3/h13-15H,4-12,17H2,1-3H3/t14-,15?/m0/s1. The molecular formula is C16H32N2O. The van der Waals surface area contributed by atoms with Crippen molar-refractivity contribution in [1.29, 1.82) is 0 Å². The second-order valence-corrected chi connectivity index (χ2v) is 6.43. The highest BCUT2D eigenvalue weighted by Gasteiger charge is 2.25. The largest absolute Gasteiger partial charge is 0.340 e. The Balaban J connectivity index is 2.57. The average molecular weight is 268 g/mol. The van der Waals surface area contributed by atoms with E-state index in [0.717, 1.165) is 19.4 Å². The summed E-state index contributed by atoms with van der Waals surface area (Å²) >= 11 is 0. The molecule has 112 valence electrons. The summed E-state index contributed by atoms with van der Waals surface area (Å²) in [5, 5.41) is 0. The lowest BCUT2D eigenvalue weighted by Gasteiger charge is -2.31. The number of hydrogen-bond acceptors (Lipinski definition) is 2. The number of nitrogens with zero attached hydrogens (tertiary/aromatic N) is 1. The molecule has 1 rings (SSSR count). The fraction of sp³-hybridized carbons (Fsp3) is 0.938. The van der Waals surface area contributed by atoms with Crippen molar-refractivity contribution >= 4 is 5.91 Å². The fourth-order valence-corrected chi connectivity index (χ4v) is 3.22. The van der Waals surface area contributed by atoms with E-state index in [1.165, 1.54) is 25.7 Å². The van der Waals surface area contributed by atoms with Crippen molar-refractivity contribution in [1.82, 2.24) is 4.90 Å². The van der Waals surface area contributed by atoms with Gasteiger partial charge in [0, 0.05) is 19.0 Å². The van der Waals surface area contributed by atoms with E-state index in [1.54, 1.807) is 0 Å². The molecule has 1 aliphatic heterocycles. The Morgan fingerprint density at radius 3 is 2.63 bits per heavy atom. The van der Waals surface area contributed by atoms with Crippen LogP contribution >= 0.6 is 0 Å². The molecule has 0 spiro atoms. The third-order valence-electron chi connectivity index (χ3n) is 4.27. The molecule has 2 N–H and O–H groups in total. The summed E-state index contributed by atoms with van der Waals surface area (Å²) in [5.41, 5.74) is 5.83. The normalized spacial score (nSPS) is 22.4. The third-order valence-corrected chi connectivity index (χ3v) is 4.27. The van der Waals surface area contributed by atoms with Crippen LogP contribution in [-0.4, -0.2) is 29.9 Å². The van der Waals surface area contributed by atoms with E-state index >= 15 is 0 Å². The zero-order valence-electron chi connectivity index (χ0n) is 13.0. The first-order valence-electron chi connectivity index (χ1n) is 8.08. The highest BCUT2D eigenvalue weighted by Crippen LogP contribution is 2.22. The first-order chi connectivity index (χ1) is 9.08. The number of hydrogen-bond donors (Lipinski definition) is 1. The Morgan fingerprint density at radius 2 is 2.05 bits per heavy atom. The molecule has 0 aromatic carbocycles. The predicted octanol–water partition coefficient (Wildman–Crippen LogP) is 3.18. The van der Waals surface area contributed by atoms with Crippen molar-refractivity contribution in [3.63, 3.8) is 0 Å². The Kier molecular flexibility index (Phi) is 7.44. The van der Waals surface area contributed by atoms with Gasteiger partial charge in [0.25, 0.3) is 0 Å². The molecule has 1 heterocycles. The number of carbonyl (C=O) groups excluding carboxylic acids is 1. The molecule has 3 nitrogen and oxygen atoms in total. The lowest BCUT2D eigenvalue weighted by molar-refractivity contribution is -0.134. The summed E-state index contributed by atoms with van der Waals surface area (Å²) in [6.45, 7) is 8.19. The Labute approximate surface area is 118 Å². The summed E-state index contributed by atoms with van der Waals surface area (Å²) in [4.78, 5) is 14.7. The molecule has 1 unspecified atom stereocenters. The van der Waals surface area contributed by atoms with Crippen LogP contribution in [0, 0.1) is 11.8 Å². The van der Waals surface area contributed by atoms with E-state index in [2.05, 4.69) is 25.7 Å². The van der Waals surface area contributed by atoms with Crippen molar-refractivity contribution in [2.75, 3.05) is 13.1 Å². The van der Waals surface area contributed by atoms with E-state index < -0.39 is 0 Å². The topological polar surface area (TPSA) is 46.3 Å². The minimum atomic E-state index is 0.338. The van der Waals surface area contributed by atoms with Crippen LogP contribution in [0.25, 0.3) is 0 Å². The summed E-state index contributed by atoms with van der Waals surface area (Å²) in [7, 11) is 0. The molecule has 1 aliphatic rings. The van der Waals surface area contributed by atoms with Gasteiger partial charge in [0.2, 0.25) is 5.91 Å². The van der Waals surface area contributed by atoms with Crippen LogP contribution in [0.5, 0.6) is 0 Å². The summed E-state index contributed by atoms with van der Waals surface area (Å²) in [5.74, 6) is 1.31. The predicted molar refractivity (Wildman–Crippen MR) is 80.9 cm³/mol. The molecule has 0 aromatic heterocycles. The zero-order valence-corrected chi connectivity index (χ0v) is 13.0. The molecule has 1 saturated heterocycles. The smallest absolute Gasteiger partial charge is 0.223 e. The van der Waals surface area contributed by atoms with Gasteiger partial charge < -0.3 is 10.6 Å². The highest BCUT2D eigenvalue weighted by atomic mass is 16.2. The Hall–Kier alpha value is -0.570. The number of likely N-dealkylation sites (tertiary alicyclic amines) is 1. The van der Waals surface area contributed by atoms with Crippen molar-refractivity contribution < 1.29 is 4.79 Å². The van der Waals surface area contributed by atoms with E-state index in [-0.39, 0.29) is 0 Å². The first-order valence-corrected chi connectivity index (χ1v) is 8.08. The van der Waals surface area contributed by atoms with Gasteiger partial charge >= 0.3 is 0 Å². The van der Waals surface area contributed by atoms with Crippen LogP contribution in [0.4, 0.5) is 0 Å². The van der Waals surface area contributed by atoms with Gasteiger partial charge in [-0.2, -0.15) is 0 Å². The van der Waals surface area contributed by atoms with E-state index in [4.69, 9.17) is 5.73 Å². The van der Waals surface area contributed by atoms with Crippen molar-refractivity contribution in [3.8, 4) is 0 Å². The first kappa shape index (κ1) is 16.5. The summed E-state index contributed by atoms with van der Waals surface area (Å²) in [6, 6.07) is 0.465. The number of amides is 1. The van der Waals surface area contributed by atoms with Crippen molar-refractivity contribution in [3.05, 3.63) is 0 Å². The second-order valence-electron chi connectivity index (χ2n) is 6.43. The lowest BCUT2D eigenvalue weighted by Crippen LogP contribution is -2.41. The van der Waals surface area contributed by atoms with Crippen molar-refractivity contribution in [2.24, 2.45) is 17.6 Å². The lowest BCUT2D eigenvalue weighted by atomic mass is 9.93. The molecule has 1 fully saturated rings. The summed E-state index contributed by atoms with van der Waals surface area (Å²) in [6.07, 6.45) is 7.68. The van der Waals surface area contributed by atoms with Gasteiger partial charge in [-0.15, -0.1) is 0 Å². The maximum Gasteiger partial charge on any atom is 0.223 e. The molecule has 0 bridgehead atoms. The van der Waals surface area contributed by atoms with Crippen molar-refractivity contribution in [2.45, 2.75) is 71.8 Å². The molecule has 19 heavy (non-hydrogen) atoms. The van der Waals surface area contributed by atoms with Gasteiger partial charge in [0.1, 0.15) is 0 Å². The monoisotopic (exact) mass is 268 g/mol. The Morgan fingerprint density at radius 1 is 1.32 bits per heavy atom. The van der Waals surface area contributed by atoms with Crippen LogP contribution in [0.2, 0.25) is 0 Å². The molecule has 0 aliphatic carbocycles. The molecule has 1 amide bonds. The van der Waals surface area contributed by atoms with Gasteiger partial charge in [0.15, 0.2) is 0 Å². The average Bonchev–Trinajstić information content (AvgIpc) is 2.62. The van der Waals surface area contributed by atoms with E-state index in [0.29, 0.717) is 36.8 Å². The molecule has 0 aromatic rings. The molecule has 2 atom stereocenters. The van der Waals surface area contributed by atoms with Gasteiger partial charge in [-0.05, 0) is 44.1 Å². The third kappa shape index (κ3) is 5.52. The van der Waals surface area contributed by atoms with Gasteiger partial charge in [0.05, 0.1) is 0 Å². The number of rotatable bonds is 6. The SMILES string of the molecule is CCC1CCCCCN1C(=O)C[C@@H](CN)CC(C)C. The summed E-state index contributed by atoms with van der Waals surface area (Å²) < 4.78 is 0. The van der Waals surface area contributed by atoms with Gasteiger partial charge in [-0.3, -0.25) is 4.79 Å². The maximum absolute atomic E-state index is 12.5. The van der Waals surface area contributed by atoms with Crippen LogP contribution in [-0.2, 0) is 4.79 Å². The molecule has 3 heteroatoms. The van der Waals surface area contributed by atoms with E-state index in [1.807, 2.05) is 0 Å². The van der Waals surface area contributed by atoms with Crippen LogP contribution in [0.15, 0.2) is 0 Å². The van der Waals surface area contributed by atoms with Gasteiger partial charge in [-0.1, -0.05) is 33.6 Å². The number of carbonyl (C=O) groups is 1. The van der Waals surface area contributed by atoms with Crippen LogP contribution in [0.1, 0.15) is 65.7 Å². The molecular weight excluding hydrogens is 236 g/mol. The number of nitrogens with two attached hydrogens (primary N) is 1. The quantitative estimate of drug-likeness (QED) is 0.804. The van der Waals surface area contributed by atoms with Crippen LogP contribution in [0.3, 0.4) is 0 Å². The Bertz CT molecular complexity index is 265. The molecule has 0 saturated carbocycles. The van der Waals surface area contributed by atoms with Crippen LogP contribution < -0.4 is 5.73 Å². The van der Waals surface area contributed by atoms with E-state index in [9.17, 15) is 4.79 Å². The fourth-order valence-electron chi connectivity index (χ4n) is 3.22. The molecule has 0 radical (unpaired) electrons. The second kappa shape index (κ2) is 8.57. The minimum Gasteiger partial charge on any atom is -0.340 e. The minimum absolute atomic E-state index is 0.338. The zero-order chi connectivity index (χ0) is 14.3.